The highest BCUT2D eigenvalue weighted by molar-refractivity contribution is 6.09. The number of piperazine rings is 1. The van der Waals surface area contributed by atoms with E-state index in [2.05, 4.69) is 5.32 Å². The van der Waals surface area contributed by atoms with Crippen LogP contribution >= 0.6 is 0 Å². The minimum atomic E-state index is -4.92. The van der Waals surface area contributed by atoms with Crippen molar-refractivity contribution in [3.8, 4) is 0 Å². The van der Waals surface area contributed by atoms with Crippen LogP contribution in [-0.4, -0.2) is 72.1 Å². The zero-order chi connectivity index (χ0) is 15.8. The number of amides is 4. The van der Waals surface area contributed by atoms with Gasteiger partial charge in [0, 0.05) is 26.2 Å². The minimum absolute atomic E-state index is 0.317. The molecule has 2 saturated heterocycles. The first kappa shape index (κ1) is 15.5. The molecule has 0 spiro atoms. The molecule has 2 N–H and O–H groups in total. The second-order valence-corrected chi connectivity index (χ2v) is 5.07. The van der Waals surface area contributed by atoms with Crippen LogP contribution < -0.4 is 10.6 Å². The third kappa shape index (κ3) is 2.67. The molecule has 21 heavy (non-hydrogen) atoms. The van der Waals surface area contributed by atoms with E-state index < -0.39 is 36.1 Å². The zero-order valence-electron chi connectivity index (χ0n) is 11.3. The molecule has 0 aromatic carbocycles. The Hall–Kier alpha value is -1.84. The molecule has 2 aliphatic heterocycles. The third-order valence-electron chi connectivity index (χ3n) is 3.60. The lowest BCUT2D eigenvalue weighted by Gasteiger charge is -2.29. The number of carbonyl (C=O) groups excluding carboxylic acids is 3. The first-order valence-electron chi connectivity index (χ1n) is 6.36. The number of alkyl halides is 3. The topological polar surface area (TPSA) is 81.8 Å². The maximum absolute atomic E-state index is 12.9. The highest BCUT2D eigenvalue weighted by Gasteiger charge is 2.64. The highest BCUT2D eigenvalue weighted by atomic mass is 19.4. The molecule has 0 aromatic rings. The number of nitrogens with one attached hydrogen (secondary N) is 2. The Labute approximate surface area is 118 Å². The summed E-state index contributed by atoms with van der Waals surface area (Å²) >= 11 is 0. The van der Waals surface area contributed by atoms with Gasteiger partial charge in [-0.1, -0.05) is 0 Å². The van der Waals surface area contributed by atoms with Crippen LogP contribution in [0.1, 0.15) is 6.92 Å². The zero-order valence-corrected chi connectivity index (χ0v) is 11.3. The van der Waals surface area contributed by atoms with Crippen molar-refractivity contribution < 1.29 is 27.6 Å². The Morgan fingerprint density at radius 1 is 1.29 bits per heavy atom. The van der Waals surface area contributed by atoms with Gasteiger partial charge in [-0.25, -0.2) is 4.79 Å². The second kappa shape index (κ2) is 5.17. The maximum atomic E-state index is 12.9. The molecular weight excluding hydrogens is 293 g/mol. The van der Waals surface area contributed by atoms with E-state index in [4.69, 9.17) is 0 Å². The van der Waals surface area contributed by atoms with Crippen LogP contribution in [0.5, 0.6) is 0 Å². The number of halogens is 3. The van der Waals surface area contributed by atoms with Gasteiger partial charge in [-0.2, -0.15) is 13.2 Å². The Bertz CT molecular complexity index is 476. The van der Waals surface area contributed by atoms with Crippen molar-refractivity contribution in [3.63, 3.8) is 0 Å². The molecule has 7 nitrogen and oxygen atoms in total. The van der Waals surface area contributed by atoms with E-state index in [0.717, 1.165) is 0 Å². The molecule has 0 saturated carbocycles. The van der Waals surface area contributed by atoms with E-state index in [1.165, 1.54) is 4.90 Å². The minimum Gasteiger partial charge on any atom is -0.339 e. The first-order valence-corrected chi connectivity index (χ1v) is 6.36. The fourth-order valence-electron chi connectivity index (χ4n) is 2.18. The summed E-state index contributed by atoms with van der Waals surface area (Å²) in [5.74, 6) is -2.00. The van der Waals surface area contributed by atoms with Crippen molar-refractivity contribution in [1.29, 1.82) is 0 Å². The summed E-state index contributed by atoms with van der Waals surface area (Å²) in [4.78, 5) is 37.1. The van der Waals surface area contributed by atoms with Gasteiger partial charge in [-0.3, -0.25) is 14.5 Å². The molecular formula is C11H15F3N4O3. The van der Waals surface area contributed by atoms with Crippen molar-refractivity contribution in [2.45, 2.75) is 18.6 Å². The molecule has 2 aliphatic rings. The van der Waals surface area contributed by atoms with Crippen molar-refractivity contribution in [3.05, 3.63) is 0 Å². The molecule has 4 amide bonds. The summed E-state index contributed by atoms with van der Waals surface area (Å²) < 4.78 is 38.6. The molecule has 2 fully saturated rings. The molecule has 2 heterocycles. The van der Waals surface area contributed by atoms with Gasteiger partial charge in [0.05, 0.1) is 0 Å². The smallest absolute Gasteiger partial charge is 0.339 e. The van der Waals surface area contributed by atoms with E-state index in [-0.39, 0.29) is 0 Å². The summed E-state index contributed by atoms with van der Waals surface area (Å²) in [5.41, 5.74) is -2.98. The molecule has 1 atom stereocenters. The van der Waals surface area contributed by atoms with E-state index >= 15 is 0 Å². The lowest BCUT2D eigenvalue weighted by Crippen LogP contribution is -2.56. The van der Waals surface area contributed by atoms with Gasteiger partial charge < -0.3 is 15.5 Å². The van der Waals surface area contributed by atoms with Crippen LogP contribution in [0.25, 0.3) is 0 Å². The fraction of sp³-hybridized carbons (Fsp3) is 0.727. The number of hydrogen-bond donors (Lipinski definition) is 2. The quantitative estimate of drug-likeness (QED) is 0.661. The number of imide groups is 1. The summed E-state index contributed by atoms with van der Waals surface area (Å²) in [6.45, 7) is 1.80. The normalized spacial score (nSPS) is 27.0. The summed E-state index contributed by atoms with van der Waals surface area (Å²) in [5, 5.41) is 4.62. The molecule has 2 rings (SSSR count). The van der Waals surface area contributed by atoms with Crippen molar-refractivity contribution >= 4 is 17.8 Å². The molecule has 0 aliphatic carbocycles. The van der Waals surface area contributed by atoms with Crippen LogP contribution in [0.2, 0.25) is 0 Å². The van der Waals surface area contributed by atoms with Gasteiger partial charge >= 0.3 is 12.2 Å². The predicted octanol–water partition coefficient (Wildman–Crippen LogP) is -0.709. The average Bonchev–Trinajstić information content (AvgIpc) is 2.64. The Morgan fingerprint density at radius 3 is 2.33 bits per heavy atom. The molecule has 118 valence electrons. The third-order valence-corrected chi connectivity index (χ3v) is 3.60. The number of rotatable bonds is 2. The predicted molar refractivity (Wildman–Crippen MR) is 64.2 cm³/mol. The van der Waals surface area contributed by atoms with Crippen LogP contribution in [-0.2, 0) is 9.59 Å². The number of hydrogen-bond acceptors (Lipinski definition) is 4. The van der Waals surface area contributed by atoms with Gasteiger partial charge in [-0.15, -0.1) is 0 Å². The first-order chi connectivity index (χ1) is 9.67. The van der Waals surface area contributed by atoms with Crippen LogP contribution in [0.3, 0.4) is 0 Å². The monoisotopic (exact) mass is 308 g/mol. The highest BCUT2D eigenvalue weighted by Crippen LogP contribution is 2.35. The SMILES string of the molecule is CC1(C(F)(F)F)NC(=O)N(CC(=O)N2CCNCC2)C1=O. The van der Waals surface area contributed by atoms with Gasteiger partial charge in [0.25, 0.3) is 5.91 Å². The van der Waals surface area contributed by atoms with Gasteiger partial charge in [0.1, 0.15) is 6.54 Å². The van der Waals surface area contributed by atoms with Crippen LogP contribution in [0.4, 0.5) is 18.0 Å². The summed E-state index contributed by atoms with van der Waals surface area (Å²) in [6.07, 6.45) is -4.92. The molecule has 10 heteroatoms. The van der Waals surface area contributed by atoms with E-state index in [1.54, 1.807) is 5.32 Å². The Morgan fingerprint density at radius 2 is 1.86 bits per heavy atom. The van der Waals surface area contributed by atoms with E-state index in [1.807, 2.05) is 0 Å². The van der Waals surface area contributed by atoms with E-state index in [0.29, 0.717) is 38.0 Å². The Balaban J connectivity index is 2.09. The van der Waals surface area contributed by atoms with Crippen LogP contribution in [0.15, 0.2) is 0 Å². The summed E-state index contributed by atoms with van der Waals surface area (Å²) in [7, 11) is 0. The van der Waals surface area contributed by atoms with Crippen molar-refractivity contribution in [2.75, 3.05) is 32.7 Å². The fourth-order valence-corrected chi connectivity index (χ4v) is 2.18. The van der Waals surface area contributed by atoms with Gasteiger partial charge in [0.2, 0.25) is 11.4 Å². The number of carbonyl (C=O) groups is 3. The lowest BCUT2D eigenvalue weighted by atomic mass is 10.0. The van der Waals surface area contributed by atoms with Crippen molar-refractivity contribution in [2.24, 2.45) is 0 Å². The number of urea groups is 1. The Kier molecular flexibility index (Phi) is 3.83. The second-order valence-electron chi connectivity index (χ2n) is 5.07. The van der Waals surface area contributed by atoms with Crippen molar-refractivity contribution in [1.82, 2.24) is 20.4 Å². The van der Waals surface area contributed by atoms with Gasteiger partial charge in [0.15, 0.2) is 0 Å². The molecule has 1 unspecified atom stereocenters. The van der Waals surface area contributed by atoms with E-state index in [9.17, 15) is 27.6 Å². The standard InChI is InChI=1S/C11H15F3N4O3/c1-10(11(12,13)14)8(20)18(9(21)16-10)6-7(19)17-4-2-15-3-5-17/h15H,2-6H2,1H3,(H,16,21). The lowest BCUT2D eigenvalue weighted by molar-refractivity contribution is -0.191. The molecule has 0 radical (unpaired) electrons. The average molecular weight is 308 g/mol. The molecule has 0 bridgehead atoms. The maximum Gasteiger partial charge on any atom is 0.420 e. The number of nitrogens with zero attached hydrogens (tertiary/aromatic N) is 2. The van der Waals surface area contributed by atoms with Gasteiger partial charge in [-0.05, 0) is 6.92 Å². The molecule has 0 aromatic heterocycles. The largest absolute Gasteiger partial charge is 0.420 e. The summed E-state index contributed by atoms with van der Waals surface area (Å²) in [6, 6.07) is -1.21. The van der Waals surface area contributed by atoms with Crippen LogP contribution in [0, 0.1) is 0 Å².